The molecule has 1 atom stereocenters. The summed E-state index contributed by atoms with van der Waals surface area (Å²) in [5.41, 5.74) is 0.991. The van der Waals surface area contributed by atoms with Crippen molar-refractivity contribution in [2.75, 3.05) is 32.7 Å². The van der Waals surface area contributed by atoms with E-state index in [9.17, 15) is 19.2 Å². The van der Waals surface area contributed by atoms with Crippen LogP contribution in [-0.4, -0.2) is 89.0 Å². The van der Waals surface area contributed by atoms with Crippen LogP contribution in [0.1, 0.15) is 75.2 Å². The van der Waals surface area contributed by atoms with Crippen molar-refractivity contribution in [3.05, 3.63) is 29.3 Å². The van der Waals surface area contributed by atoms with Crippen LogP contribution < -0.4 is 10.1 Å². The second-order valence-electron chi connectivity index (χ2n) is 12.2. The Morgan fingerprint density at radius 3 is 2.38 bits per heavy atom. The third-order valence-electron chi connectivity index (χ3n) is 8.11. The lowest BCUT2D eigenvalue weighted by atomic mass is 9.95. The molecule has 39 heavy (non-hydrogen) atoms. The topological polar surface area (TPSA) is 108 Å². The molecule has 212 valence electrons. The number of hydrogen-bond acceptors (Lipinski definition) is 7. The highest BCUT2D eigenvalue weighted by atomic mass is 16.6. The molecule has 0 spiro atoms. The van der Waals surface area contributed by atoms with Crippen LogP contribution >= 0.6 is 0 Å². The number of rotatable bonds is 5. The molecule has 0 radical (unpaired) electrons. The van der Waals surface area contributed by atoms with Crippen molar-refractivity contribution >= 4 is 23.8 Å². The summed E-state index contributed by atoms with van der Waals surface area (Å²) in [6, 6.07) is 4.94. The van der Waals surface area contributed by atoms with Crippen LogP contribution in [0.5, 0.6) is 5.75 Å². The van der Waals surface area contributed by atoms with Crippen molar-refractivity contribution in [1.29, 1.82) is 0 Å². The lowest BCUT2D eigenvalue weighted by Gasteiger charge is -2.38. The van der Waals surface area contributed by atoms with Crippen molar-refractivity contribution in [3.8, 4) is 5.75 Å². The molecule has 0 saturated carbocycles. The van der Waals surface area contributed by atoms with Crippen LogP contribution in [0.15, 0.2) is 18.2 Å². The minimum atomic E-state index is -0.610. The third-order valence-corrected chi connectivity index (χ3v) is 8.11. The van der Waals surface area contributed by atoms with E-state index in [2.05, 4.69) is 10.2 Å². The molecule has 0 aromatic heterocycles. The predicted molar refractivity (Wildman–Crippen MR) is 143 cm³/mol. The fourth-order valence-corrected chi connectivity index (χ4v) is 6.02. The molecular formula is C29H40N4O6. The molecule has 1 N–H and O–H groups in total. The Hall–Kier alpha value is -3.14. The van der Waals surface area contributed by atoms with E-state index in [0.29, 0.717) is 24.4 Å². The van der Waals surface area contributed by atoms with Crippen LogP contribution in [0.4, 0.5) is 4.79 Å². The summed E-state index contributed by atoms with van der Waals surface area (Å²) in [6.45, 7) is 10.5. The van der Waals surface area contributed by atoms with Crippen molar-refractivity contribution in [2.24, 2.45) is 5.92 Å². The maximum absolute atomic E-state index is 12.9. The highest BCUT2D eigenvalue weighted by Gasteiger charge is 2.39. The summed E-state index contributed by atoms with van der Waals surface area (Å²) in [6.07, 6.45) is 4.39. The Bertz CT molecular complexity index is 1120. The molecule has 3 saturated heterocycles. The molecule has 1 aromatic rings. The Morgan fingerprint density at radius 2 is 1.72 bits per heavy atom. The molecule has 1 unspecified atom stereocenters. The number of hydrogen-bond donors (Lipinski definition) is 1. The second-order valence-corrected chi connectivity index (χ2v) is 12.2. The second kappa shape index (κ2) is 11.2. The van der Waals surface area contributed by atoms with E-state index in [0.717, 1.165) is 69.7 Å². The Balaban J connectivity index is 1.06. The van der Waals surface area contributed by atoms with Crippen LogP contribution in [0, 0.1) is 5.92 Å². The van der Waals surface area contributed by atoms with Gasteiger partial charge < -0.3 is 24.2 Å². The number of likely N-dealkylation sites (tertiary alicyclic amines) is 2. The van der Waals surface area contributed by atoms with Gasteiger partial charge in [-0.1, -0.05) is 0 Å². The minimum Gasteiger partial charge on any atom is -0.490 e. The number of imide groups is 1. The van der Waals surface area contributed by atoms with Gasteiger partial charge in [-0.25, -0.2) is 4.79 Å². The summed E-state index contributed by atoms with van der Waals surface area (Å²) >= 11 is 0. The SMILES string of the molecule is CC(C)(C)OC(=O)N1CCC(CN2CCC(Oc3ccc4c(c3)CN(C3CCC(=O)NC3=O)C4=O)CC2)CC1. The summed E-state index contributed by atoms with van der Waals surface area (Å²) in [4.78, 5) is 54.9. The maximum atomic E-state index is 12.9. The number of benzene rings is 1. The van der Waals surface area contributed by atoms with Crippen LogP contribution in [0.25, 0.3) is 0 Å². The number of nitrogens with zero attached hydrogens (tertiary/aromatic N) is 3. The number of fused-ring (bicyclic) bond motifs is 1. The Labute approximate surface area is 230 Å². The molecule has 3 fully saturated rings. The van der Waals surface area contributed by atoms with Crippen molar-refractivity contribution in [1.82, 2.24) is 20.0 Å². The van der Waals surface area contributed by atoms with Gasteiger partial charge >= 0.3 is 6.09 Å². The van der Waals surface area contributed by atoms with E-state index in [1.54, 1.807) is 11.0 Å². The smallest absolute Gasteiger partial charge is 0.410 e. The molecule has 4 aliphatic heterocycles. The largest absolute Gasteiger partial charge is 0.490 e. The molecule has 0 aliphatic carbocycles. The molecule has 1 aromatic carbocycles. The highest BCUT2D eigenvalue weighted by molar-refractivity contribution is 6.05. The van der Waals surface area contributed by atoms with Gasteiger partial charge in [0.15, 0.2) is 0 Å². The van der Waals surface area contributed by atoms with E-state index < -0.39 is 17.6 Å². The van der Waals surface area contributed by atoms with Crippen molar-refractivity contribution in [2.45, 2.75) is 83.6 Å². The van der Waals surface area contributed by atoms with E-state index in [4.69, 9.17) is 9.47 Å². The fraction of sp³-hybridized carbons (Fsp3) is 0.655. The van der Waals surface area contributed by atoms with Gasteiger partial charge in [0, 0.05) is 51.3 Å². The van der Waals surface area contributed by atoms with E-state index in [1.165, 1.54) is 0 Å². The average molecular weight is 541 g/mol. The number of nitrogens with one attached hydrogen (secondary N) is 1. The maximum Gasteiger partial charge on any atom is 0.410 e. The summed E-state index contributed by atoms with van der Waals surface area (Å²) in [7, 11) is 0. The predicted octanol–water partition coefficient (Wildman–Crippen LogP) is 2.94. The Kier molecular flexibility index (Phi) is 7.84. The first-order valence-corrected chi connectivity index (χ1v) is 14.2. The van der Waals surface area contributed by atoms with Crippen LogP contribution in [0.3, 0.4) is 0 Å². The first kappa shape index (κ1) is 27.4. The highest BCUT2D eigenvalue weighted by Crippen LogP contribution is 2.31. The molecule has 10 nitrogen and oxygen atoms in total. The monoisotopic (exact) mass is 540 g/mol. The van der Waals surface area contributed by atoms with Gasteiger partial charge in [0.1, 0.15) is 23.5 Å². The van der Waals surface area contributed by atoms with Crippen LogP contribution in [0.2, 0.25) is 0 Å². The standard InChI is InChI=1S/C29H40N4O6/c1-29(2,3)39-28(37)32-14-8-19(9-15-32)17-31-12-10-21(11-13-31)38-22-4-5-23-20(16-22)18-33(27(23)36)24-6-7-25(34)30-26(24)35/h4-5,16,19,21,24H,6-15,17-18H2,1-3H3,(H,30,34,35). The fourth-order valence-electron chi connectivity index (χ4n) is 6.02. The lowest BCUT2D eigenvalue weighted by Crippen LogP contribution is -2.52. The quantitative estimate of drug-likeness (QED) is 0.572. The van der Waals surface area contributed by atoms with Gasteiger partial charge in [-0.15, -0.1) is 0 Å². The molecule has 4 heterocycles. The van der Waals surface area contributed by atoms with Gasteiger partial charge in [-0.2, -0.15) is 0 Å². The summed E-state index contributed by atoms with van der Waals surface area (Å²) in [5, 5.41) is 2.34. The molecule has 0 bridgehead atoms. The Morgan fingerprint density at radius 1 is 1.00 bits per heavy atom. The normalized spacial score (nSPS) is 23.6. The van der Waals surface area contributed by atoms with Gasteiger partial charge in [0.25, 0.3) is 5.91 Å². The summed E-state index contributed by atoms with van der Waals surface area (Å²) < 4.78 is 11.8. The zero-order valence-corrected chi connectivity index (χ0v) is 23.2. The molecule has 5 rings (SSSR count). The number of piperidine rings is 3. The number of amides is 4. The number of carbonyl (C=O) groups excluding carboxylic acids is 4. The summed E-state index contributed by atoms with van der Waals surface area (Å²) in [5.74, 6) is 0.480. The van der Waals surface area contributed by atoms with Gasteiger partial charge in [-0.3, -0.25) is 19.7 Å². The van der Waals surface area contributed by atoms with Gasteiger partial charge in [-0.05, 0) is 82.6 Å². The van der Waals surface area contributed by atoms with Crippen molar-refractivity contribution in [3.63, 3.8) is 0 Å². The number of carbonyl (C=O) groups is 4. The zero-order valence-electron chi connectivity index (χ0n) is 23.2. The molecule has 10 heteroatoms. The van der Waals surface area contributed by atoms with Crippen LogP contribution in [-0.2, 0) is 20.9 Å². The first-order valence-electron chi connectivity index (χ1n) is 14.2. The van der Waals surface area contributed by atoms with E-state index >= 15 is 0 Å². The van der Waals surface area contributed by atoms with E-state index in [1.807, 2.05) is 37.8 Å². The number of ether oxygens (including phenoxy) is 2. The van der Waals surface area contributed by atoms with Gasteiger partial charge in [0.2, 0.25) is 11.8 Å². The zero-order chi connectivity index (χ0) is 27.7. The first-order chi connectivity index (χ1) is 18.6. The lowest BCUT2D eigenvalue weighted by molar-refractivity contribution is -0.136. The van der Waals surface area contributed by atoms with Crippen molar-refractivity contribution < 1.29 is 28.7 Å². The molecular weight excluding hydrogens is 500 g/mol. The van der Waals surface area contributed by atoms with Gasteiger partial charge in [0.05, 0.1) is 0 Å². The average Bonchev–Trinajstić information content (AvgIpc) is 3.20. The molecule has 4 amide bonds. The molecule has 4 aliphatic rings. The minimum absolute atomic E-state index is 0.122. The van der Waals surface area contributed by atoms with E-state index in [-0.39, 0.29) is 30.4 Å². The third kappa shape index (κ3) is 6.54.